The summed E-state index contributed by atoms with van der Waals surface area (Å²) in [5.41, 5.74) is 0. The highest BCUT2D eigenvalue weighted by molar-refractivity contribution is 5.91. The van der Waals surface area contributed by atoms with E-state index in [4.69, 9.17) is 0 Å². The second kappa shape index (κ2) is 5.99. The number of halogens is 3. The zero-order valence-electron chi connectivity index (χ0n) is 11.0. The molecule has 0 bridgehead atoms. The van der Waals surface area contributed by atoms with Gasteiger partial charge in [0.2, 0.25) is 11.8 Å². The Labute approximate surface area is 114 Å². The maximum absolute atomic E-state index is 12.3. The van der Waals surface area contributed by atoms with Crippen LogP contribution in [0.3, 0.4) is 0 Å². The highest BCUT2D eigenvalue weighted by Crippen LogP contribution is 2.21. The maximum atomic E-state index is 12.3. The average molecular weight is 293 g/mol. The molecule has 0 aromatic heterocycles. The first-order chi connectivity index (χ1) is 9.37. The molecule has 0 aliphatic carbocycles. The van der Waals surface area contributed by atoms with Gasteiger partial charge >= 0.3 is 6.18 Å². The van der Waals surface area contributed by atoms with E-state index >= 15 is 0 Å². The van der Waals surface area contributed by atoms with Crippen LogP contribution < -0.4 is 10.6 Å². The van der Waals surface area contributed by atoms with Gasteiger partial charge in [0.05, 0.1) is 6.04 Å². The number of nitrogens with one attached hydrogen (secondary N) is 2. The van der Waals surface area contributed by atoms with Crippen LogP contribution >= 0.6 is 0 Å². The summed E-state index contributed by atoms with van der Waals surface area (Å²) in [6.45, 7) is -0.474. The summed E-state index contributed by atoms with van der Waals surface area (Å²) in [5, 5.41) is 5.59. The van der Waals surface area contributed by atoms with E-state index in [2.05, 4.69) is 10.6 Å². The van der Waals surface area contributed by atoms with Crippen LogP contribution in [0, 0.1) is 0 Å². The van der Waals surface area contributed by atoms with Crippen LogP contribution in [0.4, 0.5) is 13.2 Å². The third kappa shape index (κ3) is 3.84. The highest BCUT2D eigenvalue weighted by atomic mass is 19.4. The molecule has 20 heavy (non-hydrogen) atoms. The largest absolute Gasteiger partial charge is 0.406 e. The average Bonchev–Trinajstić information content (AvgIpc) is 2.71. The van der Waals surface area contributed by atoms with Crippen molar-refractivity contribution in [2.45, 2.75) is 43.9 Å². The van der Waals surface area contributed by atoms with E-state index in [0.29, 0.717) is 6.42 Å². The van der Waals surface area contributed by atoms with Gasteiger partial charge in [0.15, 0.2) is 0 Å². The van der Waals surface area contributed by atoms with Gasteiger partial charge in [-0.2, -0.15) is 13.2 Å². The van der Waals surface area contributed by atoms with Crippen molar-refractivity contribution in [1.29, 1.82) is 0 Å². The van der Waals surface area contributed by atoms with Gasteiger partial charge in [0.25, 0.3) is 0 Å². The summed E-state index contributed by atoms with van der Waals surface area (Å²) in [5.74, 6) is -0.941. The number of piperidine rings is 1. The Bertz CT molecular complexity index is 381. The fraction of sp³-hybridized carbons (Fsp3) is 0.833. The molecule has 0 spiro atoms. The molecule has 8 heteroatoms. The molecule has 2 atom stereocenters. The number of hydrogen-bond donors (Lipinski definition) is 2. The number of nitrogens with zero attached hydrogens (tertiary/aromatic N) is 1. The molecule has 2 aliphatic heterocycles. The van der Waals surface area contributed by atoms with Gasteiger partial charge in [0, 0.05) is 6.54 Å². The first kappa shape index (κ1) is 15.1. The Balaban J connectivity index is 1.85. The molecule has 2 heterocycles. The van der Waals surface area contributed by atoms with Gasteiger partial charge in [-0.3, -0.25) is 9.59 Å². The minimum atomic E-state index is -4.40. The molecule has 2 fully saturated rings. The molecule has 0 aromatic carbocycles. The van der Waals surface area contributed by atoms with Crippen LogP contribution in [0.25, 0.3) is 0 Å². The number of hydrogen-bond acceptors (Lipinski definition) is 3. The van der Waals surface area contributed by atoms with E-state index in [1.54, 1.807) is 0 Å². The molecule has 2 amide bonds. The first-order valence-corrected chi connectivity index (χ1v) is 6.76. The number of carbonyl (C=O) groups is 2. The van der Waals surface area contributed by atoms with E-state index < -0.39 is 24.7 Å². The molecular formula is C12H18F3N3O2. The summed E-state index contributed by atoms with van der Waals surface area (Å²) in [4.78, 5) is 24.5. The maximum Gasteiger partial charge on any atom is 0.406 e. The third-order valence-electron chi connectivity index (χ3n) is 3.61. The van der Waals surface area contributed by atoms with Crippen molar-refractivity contribution in [3.05, 3.63) is 0 Å². The molecule has 114 valence electrons. The van der Waals surface area contributed by atoms with Gasteiger partial charge in [-0.15, -0.1) is 0 Å². The summed E-state index contributed by atoms with van der Waals surface area (Å²) in [6, 6.07) is -1.17. The lowest BCUT2D eigenvalue weighted by Gasteiger charge is -2.24. The summed E-state index contributed by atoms with van der Waals surface area (Å²) in [6.07, 6.45) is -1.54. The SMILES string of the molecule is O=C(NC1CCN(CC(F)(F)F)C1=O)C1CCCCN1. The Morgan fingerprint density at radius 3 is 2.70 bits per heavy atom. The van der Waals surface area contributed by atoms with Crippen molar-refractivity contribution in [3.63, 3.8) is 0 Å². The number of carbonyl (C=O) groups excluding carboxylic acids is 2. The lowest BCUT2D eigenvalue weighted by molar-refractivity contribution is -0.158. The highest BCUT2D eigenvalue weighted by Gasteiger charge is 2.40. The second-order valence-corrected chi connectivity index (χ2v) is 5.23. The van der Waals surface area contributed by atoms with Crippen LogP contribution in [-0.4, -0.2) is 54.6 Å². The number of alkyl halides is 3. The molecule has 0 aromatic rings. The molecule has 0 saturated carbocycles. The van der Waals surface area contributed by atoms with E-state index in [9.17, 15) is 22.8 Å². The van der Waals surface area contributed by atoms with E-state index in [1.165, 1.54) is 0 Å². The predicted molar refractivity (Wildman–Crippen MR) is 64.8 cm³/mol. The van der Waals surface area contributed by atoms with Crippen LogP contribution in [0.15, 0.2) is 0 Å². The lowest BCUT2D eigenvalue weighted by Crippen LogP contribution is -2.51. The monoisotopic (exact) mass is 293 g/mol. The second-order valence-electron chi connectivity index (χ2n) is 5.23. The van der Waals surface area contributed by atoms with Crippen LogP contribution in [0.5, 0.6) is 0 Å². The smallest absolute Gasteiger partial charge is 0.343 e. The van der Waals surface area contributed by atoms with Gasteiger partial charge in [0.1, 0.15) is 12.6 Å². The molecule has 2 rings (SSSR count). The van der Waals surface area contributed by atoms with E-state index in [0.717, 1.165) is 24.3 Å². The quantitative estimate of drug-likeness (QED) is 0.792. The topological polar surface area (TPSA) is 61.4 Å². The minimum absolute atomic E-state index is 0.0292. The molecule has 2 saturated heterocycles. The molecule has 5 nitrogen and oxygen atoms in total. The van der Waals surface area contributed by atoms with Gasteiger partial charge < -0.3 is 15.5 Å². The fourth-order valence-corrected chi connectivity index (χ4v) is 2.59. The Kier molecular flexibility index (Phi) is 4.52. The molecule has 2 unspecified atom stereocenters. The van der Waals surface area contributed by atoms with Crippen LogP contribution in [-0.2, 0) is 9.59 Å². The molecule has 2 N–H and O–H groups in total. The predicted octanol–water partition coefficient (Wildman–Crippen LogP) is 0.408. The number of amides is 2. The normalized spacial score (nSPS) is 27.8. The number of likely N-dealkylation sites (tertiary alicyclic amines) is 1. The van der Waals surface area contributed by atoms with Gasteiger partial charge in [-0.1, -0.05) is 6.42 Å². The van der Waals surface area contributed by atoms with Crippen LogP contribution in [0.1, 0.15) is 25.7 Å². The van der Waals surface area contributed by atoms with Crippen molar-refractivity contribution in [2.75, 3.05) is 19.6 Å². The van der Waals surface area contributed by atoms with Crippen LogP contribution in [0.2, 0.25) is 0 Å². The van der Waals surface area contributed by atoms with Gasteiger partial charge in [-0.05, 0) is 25.8 Å². The summed E-state index contributed by atoms with van der Waals surface area (Å²) >= 11 is 0. The zero-order chi connectivity index (χ0) is 14.8. The van der Waals surface area contributed by atoms with Crippen molar-refractivity contribution in [3.8, 4) is 0 Å². The number of rotatable bonds is 3. The zero-order valence-corrected chi connectivity index (χ0v) is 11.0. The Hall–Kier alpha value is -1.31. The Morgan fingerprint density at radius 1 is 1.35 bits per heavy atom. The lowest BCUT2D eigenvalue weighted by atomic mass is 10.0. The van der Waals surface area contributed by atoms with Crippen molar-refractivity contribution >= 4 is 11.8 Å². The van der Waals surface area contributed by atoms with Crippen molar-refractivity contribution in [1.82, 2.24) is 15.5 Å². The third-order valence-corrected chi connectivity index (χ3v) is 3.61. The summed E-state index contributed by atoms with van der Waals surface area (Å²) < 4.78 is 36.8. The summed E-state index contributed by atoms with van der Waals surface area (Å²) in [7, 11) is 0. The minimum Gasteiger partial charge on any atom is -0.343 e. The van der Waals surface area contributed by atoms with Crippen molar-refractivity contribution in [2.24, 2.45) is 0 Å². The standard InChI is InChI=1S/C12H18F3N3O2/c13-12(14,15)7-18-6-4-9(11(18)20)17-10(19)8-3-1-2-5-16-8/h8-9,16H,1-7H2,(H,17,19). The van der Waals surface area contributed by atoms with Gasteiger partial charge in [-0.25, -0.2) is 0 Å². The van der Waals surface area contributed by atoms with Crippen molar-refractivity contribution < 1.29 is 22.8 Å². The molecular weight excluding hydrogens is 275 g/mol. The molecule has 2 aliphatic rings. The van der Waals surface area contributed by atoms with E-state index in [1.807, 2.05) is 0 Å². The Morgan fingerprint density at radius 2 is 2.10 bits per heavy atom. The van der Waals surface area contributed by atoms with E-state index in [-0.39, 0.29) is 24.9 Å². The fourth-order valence-electron chi connectivity index (χ4n) is 2.59. The molecule has 0 radical (unpaired) electrons. The first-order valence-electron chi connectivity index (χ1n) is 6.76.